The first-order chi connectivity index (χ1) is 18.5. The maximum Gasteiger partial charge on any atom is 0.326 e. The number of amides is 4. The third kappa shape index (κ3) is 10.3. The van der Waals surface area contributed by atoms with Crippen LogP contribution in [0.4, 0.5) is 0 Å². The summed E-state index contributed by atoms with van der Waals surface area (Å²) in [5, 5.41) is 17.6. The number of carbonyl (C=O) groups excluding carboxylic acids is 4. The Bertz CT molecular complexity index is 1210. The Labute approximate surface area is 224 Å². The molecule has 3 atom stereocenters. The summed E-state index contributed by atoms with van der Waals surface area (Å²) in [6, 6.07) is 3.89. The molecule has 2 rings (SSSR count). The Hall–Kier alpha value is -4.66. The zero-order chi connectivity index (χ0) is 28.9. The average Bonchev–Trinajstić information content (AvgIpc) is 3.29. The van der Waals surface area contributed by atoms with E-state index >= 15 is 0 Å². The van der Waals surface area contributed by atoms with Crippen molar-refractivity contribution in [2.24, 2.45) is 27.9 Å². The van der Waals surface area contributed by atoms with Gasteiger partial charge in [-0.15, -0.1) is 0 Å². The van der Waals surface area contributed by atoms with Gasteiger partial charge in [0.1, 0.15) is 12.1 Å². The van der Waals surface area contributed by atoms with Gasteiger partial charge in [-0.05, 0) is 30.9 Å². The largest absolute Gasteiger partial charge is 0.480 e. The van der Waals surface area contributed by atoms with Crippen molar-refractivity contribution in [3.63, 3.8) is 0 Å². The molecule has 13 N–H and O–H groups in total. The van der Waals surface area contributed by atoms with Crippen LogP contribution < -0.4 is 38.9 Å². The SMILES string of the molecule is NC(=O)CCC(NC(=O)C(N)CCCN=C(N)N)C(=O)NCC(=O)NC(Cc1c[nH]c2ccccc12)C(=O)O. The van der Waals surface area contributed by atoms with Gasteiger partial charge in [0.05, 0.1) is 12.6 Å². The molecule has 15 heteroatoms. The normalized spacial score (nSPS) is 13.1. The van der Waals surface area contributed by atoms with Crippen LogP contribution >= 0.6 is 0 Å². The van der Waals surface area contributed by atoms with Gasteiger partial charge in [-0.3, -0.25) is 24.2 Å². The van der Waals surface area contributed by atoms with Gasteiger partial charge >= 0.3 is 5.97 Å². The van der Waals surface area contributed by atoms with E-state index in [0.29, 0.717) is 12.0 Å². The molecule has 212 valence electrons. The number of aliphatic carboxylic acids is 1. The lowest BCUT2D eigenvalue weighted by Gasteiger charge is -2.20. The third-order valence-corrected chi connectivity index (χ3v) is 5.77. The van der Waals surface area contributed by atoms with Gasteiger partial charge in [0, 0.05) is 36.5 Å². The molecule has 0 aliphatic heterocycles. The minimum atomic E-state index is -1.25. The molecule has 0 spiro atoms. The highest BCUT2D eigenvalue weighted by molar-refractivity contribution is 5.93. The van der Waals surface area contributed by atoms with Gasteiger partial charge < -0.3 is 49.0 Å². The molecular weight excluding hydrogens is 510 g/mol. The van der Waals surface area contributed by atoms with Crippen LogP contribution in [0.5, 0.6) is 0 Å². The van der Waals surface area contributed by atoms with Crippen molar-refractivity contribution in [2.75, 3.05) is 13.1 Å². The van der Waals surface area contributed by atoms with Crippen LogP contribution in [-0.2, 0) is 30.4 Å². The highest BCUT2D eigenvalue weighted by Gasteiger charge is 2.26. The van der Waals surface area contributed by atoms with E-state index in [1.807, 2.05) is 24.3 Å². The number of carboxylic acid groups (broad SMARTS) is 1. The standard InChI is InChI=1S/C24H35N9O6/c25-15(5-3-9-29-24(27)28)21(36)33-17(7-8-19(26)34)22(37)31-12-20(35)32-18(23(38)39)10-13-11-30-16-6-2-1-4-14(13)16/h1-2,4,6,11,15,17-18,30H,3,5,7-10,12,25H2,(H2,26,34)(H,31,37)(H,32,35)(H,33,36)(H,38,39)(H4,27,28,29). The number of carbonyl (C=O) groups is 5. The fourth-order valence-electron chi connectivity index (χ4n) is 3.74. The van der Waals surface area contributed by atoms with Gasteiger partial charge in [0.2, 0.25) is 23.6 Å². The van der Waals surface area contributed by atoms with Gasteiger partial charge in [-0.1, -0.05) is 18.2 Å². The van der Waals surface area contributed by atoms with Gasteiger partial charge in [0.15, 0.2) is 5.96 Å². The molecule has 0 saturated heterocycles. The summed E-state index contributed by atoms with van der Waals surface area (Å²) >= 11 is 0. The van der Waals surface area contributed by atoms with Crippen molar-refractivity contribution in [3.05, 3.63) is 36.0 Å². The van der Waals surface area contributed by atoms with Crippen molar-refractivity contribution in [2.45, 2.75) is 50.2 Å². The number of hydrogen-bond donors (Lipinski definition) is 9. The molecule has 39 heavy (non-hydrogen) atoms. The molecule has 15 nitrogen and oxygen atoms in total. The molecule has 0 bridgehead atoms. The Balaban J connectivity index is 1.93. The van der Waals surface area contributed by atoms with E-state index < -0.39 is 54.3 Å². The van der Waals surface area contributed by atoms with E-state index in [9.17, 15) is 29.1 Å². The summed E-state index contributed by atoms with van der Waals surface area (Å²) in [4.78, 5) is 67.5. The number of benzene rings is 1. The number of nitrogens with zero attached hydrogens (tertiary/aromatic N) is 1. The molecule has 3 unspecified atom stereocenters. The summed E-state index contributed by atoms with van der Waals surface area (Å²) < 4.78 is 0. The number of aromatic nitrogens is 1. The van der Waals surface area contributed by atoms with Crippen molar-refractivity contribution in [1.82, 2.24) is 20.9 Å². The number of fused-ring (bicyclic) bond motifs is 1. The smallest absolute Gasteiger partial charge is 0.326 e. The summed E-state index contributed by atoms with van der Waals surface area (Å²) in [6.45, 7) is -0.300. The molecule has 2 aromatic rings. The van der Waals surface area contributed by atoms with E-state index in [0.717, 1.165) is 10.9 Å². The van der Waals surface area contributed by atoms with E-state index in [2.05, 4.69) is 25.9 Å². The number of hydrogen-bond acceptors (Lipinski definition) is 7. The summed E-state index contributed by atoms with van der Waals surface area (Å²) in [5.41, 5.74) is 23.0. The first-order valence-corrected chi connectivity index (χ1v) is 12.2. The monoisotopic (exact) mass is 545 g/mol. The van der Waals surface area contributed by atoms with E-state index in [1.54, 1.807) is 6.20 Å². The Morgan fingerprint density at radius 2 is 1.69 bits per heavy atom. The van der Waals surface area contributed by atoms with Crippen LogP contribution in [0.3, 0.4) is 0 Å². The summed E-state index contributed by atoms with van der Waals surface area (Å²) in [6.07, 6.45) is 1.98. The highest BCUT2D eigenvalue weighted by atomic mass is 16.4. The maximum absolute atomic E-state index is 12.7. The van der Waals surface area contributed by atoms with Crippen molar-refractivity contribution >= 4 is 46.5 Å². The summed E-state index contributed by atoms with van der Waals surface area (Å²) in [7, 11) is 0. The van der Waals surface area contributed by atoms with Gasteiger partial charge in [0.25, 0.3) is 0 Å². The number of nitrogens with two attached hydrogens (primary N) is 4. The zero-order valence-corrected chi connectivity index (χ0v) is 21.3. The van der Waals surface area contributed by atoms with E-state index in [1.165, 1.54) is 0 Å². The molecule has 0 aliphatic carbocycles. The van der Waals surface area contributed by atoms with Crippen molar-refractivity contribution in [1.29, 1.82) is 0 Å². The molecule has 1 heterocycles. The van der Waals surface area contributed by atoms with E-state index in [4.69, 9.17) is 22.9 Å². The number of aliphatic imine (C=N–C) groups is 1. The van der Waals surface area contributed by atoms with Crippen LogP contribution in [0.15, 0.2) is 35.5 Å². The topological polar surface area (TPSA) is 274 Å². The number of primary amides is 1. The summed E-state index contributed by atoms with van der Waals surface area (Å²) in [5.74, 6) is -4.21. The molecule has 0 fully saturated rings. The number of nitrogens with one attached hydrogen (secondary N) is 4. The number of H-pyrrole nitrogens is 1. The Kier molecular flexibility index (Phi) is 11.7. The minimum Gasteiger partial charge on any atom is -0.480 e. The van der Waals surface area contributed by atoms with Crippen LogP contribution in [0.1, 0.15) is 31.2 Å². The fraction of sp³-hybridized carbons (Fsp3) is 0.417. The lowest BCUT2D eigenvalue weighted by molar-refractivity contribution is -0.141. The first-order valence-electron chi connectivity index (χ1n) is 12.2. The third-order valence-electron chi connectivity index (χ3n) is 5.77. The zero-order valence-electron chi connectivity index (χ0n) is 21.3. The second-order valence-corrected chi connectivity index (χ2v) is 8.86. The maximum atomic E-state index is 12.7. The average molecular weight is 546 g/mol. The Morgan fingerprint density at radius 1 is 0.974 bits per heavy atom. The molecule has 1 aromatic heterocycles. The lowest BCUT2D eigenvalue weighted by atomic mass is 10.0. The Morgan fingerprint density at radius 3 is 2.36 bits per heavy atom. The molecule has 0 aliphatic rings. The fourth-order valence-corrected chi connectivity index (χ4v) is 3.74. The molecule has 0 saturated carbocycles. The lowest BCUT2D eigenvalue weighted by Crippen LogP contribution is -2.53. The predicted octanol–water partition coefficient (Wildman–Crippen LogP) is -2.47. The number of guanidine groups is 1. The van der Waals surface area contributed by atoms with Crippen LogP contribution in [-0.4, -0.2) is 76.9 Å². The highest BCUT2D eigenvalue weighted by Crippen LogP contribution is 2.19. The quantitative estimate of drug-likeness (QED) is 0.0613. The second kappa shape index (κ2) is 14.9. The van der Waals surface area contributed by atoms with E-state index in [-0.39, 0.29) is 38.2 Å². The number of para-hydroxylation sites is 1. The van der Waals surface area contributed by atoms with Crippen molar-refractivity contribution in [3.8, 4) is 0 Å². The predicted molar refractivity (Wildman–Crippen MR) is 143 cm³/mol. The van der Waals surface area contributed by atoms with Gasteiger partial charge in [-0.25, -0.2) is 4.79 Å². The molecule has 0 radical (unpaired) electrons. The molecule has 4 amide bonds. The number of carboxylic acids is 1. The molecule has 1 aromatic carbocycles. The van der Waals surface area contributed by atoms with Crippen LogP contribution in [0.25, 0.3) is 10.9 Å². The first kappa shape index (κ1) is 30.6. The number of aromatic amines is 1. The number of rotatable bonds is 16. The molecular formula is C24H35N9O6. The second-order valence-electron chi connectivity index (χ2n) is 8.86. The van der Waals surface area contributed by atoms with Gasteiger partial charge in [-0.2, -0.15) is 0 Å². The van der Waals surface area contributed by atoms with Crippen LogP contribution in [0.2, 0.25) is 0 Å². The van der Waals surface area contributed by atoms with Crippen LogP contribution in [0, 0.1) is 0 Å². The van der Waals surface area contributed by atoms with Crippen molar-refractivity contribution < 1.29 is 29.1 Å². The minimum absolute atomic E-state index is 0.0113.